The fourth-order valence-corrected chi connectivity index (χ4v) is 11.6. The first-order valence-corrected chi connectivity index (χ1v) is 17.8. The number of hydrogen-bond acceptors (Lipinski definition) is 6. The molecule has 6 nitrogen and oxygen atoms in total. The molecule has 246 valence electrons. The summed E-state index contributed by atoms with van der Waals surface area (Å²) in [6.45, 7) is 7.14. The Balaban J connectivity index is 0.000000145. The first-order chi connectivity index (χ1) is 21.6. The second-order valence-electron chi connectivity index (χ2n) is 15.8. The van der Waals surface area contributed by atoms with Crippen LogP contribution in [0, 0.1) is 34.5 Å². The minimum atomic E-state index is -0.117. The van der Waals surface area contributed by atoms with E-state index < -0.39 is 0 Å². The van der Waals surface area contributed by atoms with Crippen LogP contribution >= 0.6 is 0 Å². The van der Waals surface area contributed by atoms with Crippen LogP contribution in [0.15, 0.2) is 24.3 Å². The maximum atomic E-state index is 10.5. The maximum absolute atomic E-state index is 10.5. The molecule has 4 saturated carbocycles. The Kier molecular flexibility index (Phi) is 8.08. The van der Waals surface area contributed by atoms with Crippen molar-refractivity contribution in [3.63, 3.8) is 0 Å². The van der Waals surface area contributed by atoms with Crippen LogP contribution in [0.4, 0.5) is 0 Å². The molecule has 2 unspecified atom stereocenters. The molecule has 0 saturated heterocycles. The molecule has 45 heavy (non-hydrogen) atoms. The van der Waals surface area contributed by atoms with E-state index in [0.717, 1.165) is 51.4 Å². The molecular weight excluding hydrogens is 564 g/mol. The number of phenols is 2. The highest BCUT2D eigenvalue weighted by molar-refractivity contribution is 5.50. The number of rotatable bonds is 3. The number of hydrogen-bond donors (Lipinski definition) is 4. The number of phenolic OH excluding ortho intramolecular Hbond substituents is 2. The van der Waals surface area contributed by atoms with E-state index in [0.29, 0.717) is 53.6 Å². The van der Waals surface area contributed by atoms with Gasteiger partial charge in [-0.2, -0.15) is 0 Å². The van der Waals surface area contributed by atoms with Gasteiger partial charge in [-0.25, -0.2) is 0 Å². The summed E-state index contributed by atoms with van der Waals surface area (Å²) in [6.07, 6.45) is 13.0. The Morgan fingerprint density at radius 1 is 0.667 bits per heavy atom. The van der Waals surface area contributed by atoms with Crippen molar-refractivity contribution in [2.45, 2.75) is 122 Å². The van der Waals surface area contributed by atoms with Crippen LogP contribution in [0.1, 0.15) is 119 Å². The number of aromatic hydroxyl groups is 2. The summed E-state index contributed by atoms with van der Waals surface area (Å²) in [5.41, 5.74) is 5.62. The van der Waals surface area contributed by atoms with Crippen molar-refractivity contribution in [3.8, 4) is 23.0 Å². The lowest BCUT2D eigenvalue weighted by atomic mass is 9.55. The smallest absolute Gasteiger partial charge is 0.161 e. The van der Waals surface area contributed by atoms with Gasteiger partial charge in [0.05, 0.1) is 25.9 Å². The summed E-state index contributed by atoms with van der Waals surface area (Å²) in [4.78, 5) is 0. The van der Waals surface area contributed by atoms with Crippen molar-refractivity contribution >= 4 is 0 Å². The minimum Gasteiger partial charge on any atom is -0.504 e. The van der Waals surface area contributed by atoms with Crippen molar-refractivity contribution in [3.05, 3.63) is 46.5 Å². The van der Waals surface area contributed by atoms with Crippen LogP contribution in [-0.2, 0) is 12.8 Å². The molecule has 0 aromatic heterocycles. The van der Waals surface area contributed by atoms with E-state index >= 15 is 0 Å². The van der Waals surface area contributed by atoms with Crippen molar-refractivity contribution < 1.29 is 29.9 Å². The number of ether oxygens (including phenoxy) is 2. The van der Waals surface area contributed by atoms with E-state index in [-0.39, 0.29) is 34.5 Å². The Bertz CT molecular complexity index is 1420. The van der Waals surface area contributed by atoms with E-state index in [1.54, 1.807) is 7.11 Å². The van der Waals surface area contributed by atoms with Crippen LogP contribution in [0.3, 0.4) is 0 Å². The SMILES string of the molecule is CCOc1cc2c(cc1O)CC[C@@H]1[C@@H]2CC[C@]2(C)C(O)CC[C@@H]12.COc1cc2c(cc1O)CC[C@@H]1[C@@H]2CC[C@]2(C)C(O)CC[C@@H]12. The van der Waals surface area contributed by atoms with E-state index in [2.05, 4.69) is 26.0 Å². The molecule has 0 radical (unpaired) electrons. The van der Waals surface area contributed by atoms with Gasteiger partial charge in [-0.3, -0.25) is 0 Å². The van der Waals surface area contributed by atoms with Crippen LogP contribution in [0.2, 0.25) is 0 Å². The molecule has 0 aliphatic heterocycles. The Morgan fingerprint density at radius 2 is 1.13 bits per heavy atom. The quantitative estimate of drug-likeness (QED) is 0.282. The fraction of sp³-hybridized carbons (Fsp3) is 0.692. The third-order valence-electron chi connectivity index (χ3n) is 14.0. The Hall–Kier alpha value is -2.44. The van der Waals surface area contributed by atoms with Crippen LogP contribution < -0.4 is 9.47 Å². The van der Waals surface area contributed by atoms with Gasteiger partial charge < -0.3 is 29.9 Å². The van der Waals surface area contributed by atoms with Gasteiger partial charge in [-0.1, -0.05) is 13.8 Å². The monoisotopic (exact) mass is 618 g/mol. The van der Waals surface area contributed by atoms with E-state index in [1.165, 1.54) is 47.9 Å². The molecular formula is C39H54O6. The molecule has 8 rings (SSSR count). The summed E-state index contributed by atoms with van der Waals surface area (Å²) in [5.74, 6) is 5.56. The van der Waals surface area contributed by atoms with Gasteiger partial charge in [-0.15, -0.1) is 0 Å². The molecule has 0 amide bonds. The predicted molar refractivity (Wildman–Crippen MR) is 175 cm³/mol. The maximum Gasteiger partial charge on any atom is 0.161 e. The summed E-state index contributed by atoms with van der Waals surface area (Å²) in [7, 11) is 1.62. The summed E-state index contributed by atoms with van der Waals surface area (Å²) < 4.78 is 10.9. The Morgan fingerprint density at radius 3 is 1.60 bits per heavy atom. The third-order valence-corrected chi connectivity index (χ3v) is 14.0. The van der Waals surface area contributed by atoms with Crippen LogP contribution in [-0.4, -0.2) is 46.4 Å². The summed E-state index contributed by atoms with van der Waals surface area (Å²) in [6, 6.07) is 7.99. The molecule has 10 atom stereocenters. The third kappa shape index (κ3) is 4.96. The first kappa shape index (κ1) is 31.2. The highest BCUT2D eigenvalue weighted by atomic mass is 16.5. The lowest BCUT2D eigenvalue weighted by molar-refractivity contribution is -0.0226. The number of aryl methyl sites for hydroxylation is 2. The largest absolute Gasteiger partial charge is 0.504 e. The molecule has 6 heteroatoms. The zero-order chi connectivity index (χ0) is 31.7. The molecule has 0 bridgehead atoms. The molecule has 2 aromatic carbocycles. The van der Waals surface area contributed by atoms with E-state index in [4.69, 9.17) is 9.47 Å². The first-order valence-electron chi connectivity index (χ1n) is 17.8. The second-order valence-corrected chi connectivity index (χ2v) is 15.8. The topological polar surface area (TPSA) is 99.4 Å². The normalized spacial score (nSPS) is 39.2. The molecule has 0 heterocycles. The van der Waals surface area contributed by atoms with Crippen LogP contribution in [0.5, 0.6) is 23.0 Å². The van der Waals surface area contributed by atoms with Gasteiger partial charge >= 0.3 is 0 Å². The Labute approximate surface area is 269 Å². The lowest BCUT2D eigenvalue weighted by Gasteiger charge is -2.50. The molecule has 0 spiro atoms. The number of aliphatic hydroxyl groups excluding tert-OH is 2. The molecule has 6 aliphatic rings. The number of benzene rings is 2. The molecule has 4 N–H and O–H groups in total. The van der Waals surface area contributed by atoms with Gasteiger partial charge in [0.1, 0.15) is 0 Å². The average Bonchev–Trinajstić information content (AvgIpc) is 3.51. The van der Waals surface area contributed by atoms with Crippen molar-refractivity contribution in [2.75, 3.05) is 13.7 Å². The number of methoxy groups -OCH3 is 1. The minimum absolute atomic E-state index is 0.116. The summed E-state index contributed by atoms with van der Waals surface area (Å²) >= 11 is 0. The number of aliphatic hydroxyl groups is 2. The highest BCUT2D eigenvalue weighted by Gasteiger charge is 2.55. The zero-order valence-electron chi connectivity index (χ0n) is 27.7. The van der Waals surface area contributed by atoms with Gasteiger partial charge in [0, 0.05) is 0 Å². The average molecular weight is 619 g/mol. The summed E-state index contributed by atoms with van der Waals surface area (Å²) in [5, 5.41) is 41.1. The van der Waals surface area contributed by atoms with Crippen molar-refractivity contribution in [1.82, 2.24) is 0 Å². The zero-order valence-corrected chi connectivity index (χ0v) is 27.7. The highest BCUT2D eigenvalue weighted by Crippen LogP contribution is 2.62. The number of fused-ring (bicyclic) bond motifs is 10. The lowest BCUT2D eigenvalue weighted by Crippen LogP contribution is -2.43. The van der Waals surface area contributed by atoms with Gasteiger partial charge in [0.25, 0.3) is 0 Å². The van der Waals surface area contributed by atoms with Gasteiger partial charge in [0.2, 0.25) is 0 Å². The fourth-order valence-electron chi connectivity index (χ4n) is 11.6. The van der Waals surface area contributed by atoms with E-state index in [9.17, 15) is 20.4 Å². The van der Waals surface area contributed by atoms with E-state index in [1.807, 2.05) is 19.1 Å². The second kappa shape index (κ2) is 11.7. The van der Waals surface area contributed by atoms with Crippen molar-refractivity contribution in [1.29, 1.82) is 0 Å². The predicted octanol–water partition coefficient (Wildman–Crippen LogP) is 7.63. The van der Waals surface area contributed by atoms with Crippen molar-refractivity contribution in [2.24, 2.45) is 34.5 Å². The molecule has 2 aromatic rings. The van der Waals surface area contributed by atoms with Gasteiger partial charge in [0.15, 0.2) is 23.0 Å². The van der Waals surface area contributed by atoms with Crippen LogP contribution in [0.25, 0.3) is 0 Å². The molecule has 4 fully saturated rings. The molecule has 6 aliphatic carbocycles. The van der Waals surface area contributed by atoms with Gasteiger partial charge in [-0.05, 0) is 177 Å². The standard InChI is InChI=1S/C20H28O3.C19H26O3/c1-3-23-18-11-15-12(10-17(18)21)4-5-14-13(15)8-9-20(2)16(14)6-7-19(20)22;1-19-8-7-12-13(15(19)5-6-18(19)21)4-3-11-9-16(20)17(22-2)10-14(11)12/h10-11,13-14,16,19,21-22H,3-9H2,1-2H3;9-10,12-13,15,18,20-21H,3-8H2,1-2H3/t13-,14+,16-,19?,20-;12-,13+,15-,18?,19-/m00/s1.